The molecule has 1 aromatic rings. The van der Waals surface area contributed by atoms with Crippen molar-refractivity contribution < 1.29 is 9.47 Å². The molecule has 2 nitrogen and oxygen atoms in total. The molecule has 0 radical (unpaired) electrons. The monoisotopic (exact) mass is 424 g/mol. The second-order valence-electron chi connectivity index (χ2n) is 10.4. The Balaban J connectivity index is 1.26. The average Bonchev–Trinajstić information content (AvgIpc) is 2.81. The third-order valence-corrected chi connectivity index (χ3v) is 8.40. The minimum absolute atomic E-state index is 0.508. The van der Waals surface area contributed by atoms with Crippen LogP contribution in [0.4, 0.5) is 0 Å². The number of unbranched alkanes of at least 4 members (excludes halogenated alkanes) is 2. The van der Waals surface area contributed by atoms with E-state index in [2.05, 4.69) is 44.2 Å². The Labute approximate surface area is 190 Å². The number of aryl methyl sites for hydroxylation is 1. The average molecular weight is 425 g/mol. The van der Waals surface area contributed by atoms with Crippen LogP contribution in [0.2, 0.25) is 0 Å². The van der Waals surface area contributed by atoms with Gasteiger partial charge in [0.1, 0.15) is 5.75 Å². The van der Waals surface area contributed by atoms with Gasteiger partial charge in [-0.3, -0.25) is 0 Å². The number of hydrogen-bond acceptors (Lipinski definition) is 2. The van der Waals surface area contributed by atoms with Crippen LogP contribution in [0.1, 0.15) is 89.2 Å². The van der Waals surface area contributed by atoms with Crippen LogP contribution >= 0.6 is 0 Å². The Morgan fingerprint density at radius 1 is 0.903 bits per heavy atom. The zero-order chi connectivity index (χ0) is 21.5. The largest absolute Gasteiger partial charge is 0.494 e. The molecule has 0 N–H and O–H groups in total. The van der Waals surface area contributed by atoms with E-state index in [9.17, 15) is 0 Å². The van der Waals surface area contributed by atoms with Gasteiger partial charge in [0, 0.05) is 0 Å². The molecular formula is C29H44O2. The van der Waals surface area contributed by atoms with Gasteiger partial charge in [-0.2, -0.15) is 0 Å². The van der Waals surface area contributed by atoms with Gasteiger partial charge in [-0.25, -0.2) is 0 Å². The molecule has 5 unspecified atom stereocenters. The fourth-order valence-corrected chi connectivity index (χ4v) is 6.54. The molecule has 0 bridgehead atoms. The summed E-state index contributed by atoms with van der Waals surface area (Å²) in [7, 11) is 0. The highest BCUT2D eigenvalue weighted by molar-refractivity contribution is 5.37. The van der Waals surface area contributed by atoms with Gasteiger partial charge in [-0.1, -0.05) is 38.0 Å². The van der Waals surface area contributed by atoms with Crippen molar-refractivity contribution in [1.29, 1.82) is 0 Å². The SMILES string of the molecule is C/C=C/COC1CCC2CC(C3CCc4cc(OCCCCC)ccc4C3)CCC2C1. The molecule has 2 saturated carbocycles. The van der Waals surface area contributed by atoms with E-state index < -0.39 is 0 Å². The second-order valence-corrected chi connectivity index (χ2v) is 10.4. The molecule has 0 saturated heterocycles. The van der Waals surface area contributed by atoms with Gasteiger partial charge < -0.3 is 9.47 Å². The topological polar surface area (TPSA) is 18.5 Å². The molecule has 4 rings (SSSR count). The van der Waals surface area contributed by atoms with Gasteiger partial charge in [0.05, 0.1) is 19.3 Å². The number of ether oxygens (including phenoxy) is 2. The van der Waals surface area contributed by atoms with E-state index in [-0.39, 0.29) is 0 Å². The van der Waals surface area contributed by atoms with Crippen molar-refractivity contribution in [3.63, 3.8) is 0 Å². The van der Waals surface area contributed by atoms with Crippen molar-refractivity contribution in [3.05, 3.63) is 41.5 Å². The summed E-state index contributed by atoms with van der Waals surface area (Å²) < 4.78 is 12.1. The normalized spacial score (nSPS) is 30.7. The van der Waals surface area contributed by atoms with Crippen LogP contribution in [-0.2, 0) is 17.6 Å². The summed E-state index contributed by atoms with van der Waals surface area (Å²) in [4.78, 5) is 0. The molecule has 2 fully saturated rings. The quantitative estimate of drug-likeness (QED) is 0.301. The van der Waals surface area contributed by atoms with E-state index in [4.69, 9.17) is 9.47 Å². The van der Waals surface area contributed by atoms with Crippen LogP contribution in [0.15, 0.2) is 30.4 Å². The Hall–Kier alpha value is -1.28. The standard InChI is InChI=1S/C29H44O2/c1-3-5-7-17-31-29-15-13-25-19-23(9-11-27(25)21-29)22-8-10-26-20-28(30-16-6-4-2)14-12-24(26)18-22/h4,6,13,15,21-24,26,28H,3,5,7-12,14,16-20H2,1-2H3/b6-4+. The van der Waals surface area contributed by atoms with Crippen molar-refractivity contribution in [2.24, 2.45) is 23.7 Å². The maximum Gasteiger partial charge on any atom is 0.119 e. The highest BCUT2D eigenvalue weighted by Gasteiger charge is 2.38. The second kappa shape index (κ2) is 11.5. The molecule has 0 heterocycles. The summed E-state index contributed by atoms with van der Waals surface area (Å²) in [5, 5.41) is 0. The summed E-state index contributed by atoms with van der Waals surface area (Å²) in [5.74, 6) is 4.81. The van der Waals surface area contributed by atoms with Gasteiger partial charge in [0.2, 0.25) is 0 Å². The zero-order valence-corrected chi connectivity index (χ0v) is 20.0. The molecule has 0 aliphatic heterocycles. The van der Waals surface area contributed by atoms with Gasteiger partial charge >= 0.3 is 0 Å². The van der Waals surface area contributed by atoms with Crippen LogP contribution in [0.3, 0.4) is 0 Å². The van der Waals surface area contributed by atoms with Crippen molar-refractivity contribution in [3.8, 4) is 5.75 Å². The molecule has 3 aliphatic carbocycles. The molecule has 5 atom stereocenters. The molecule has 0 aromatic heterocycles. The predicted molar refractivity (Wildman–Crippen MR) is 130 cm³/mol. The van der Waals surface area contributed by atoms with E-state index in [1.54, 1.807) is 11.1 Å². The molecule has 3 aliphatic rings. The first-order valence-corrected chi connectivity index (χ1v) is 13.2. The van der Waals surface area contributed by atoms with E-state index in [1.807, 2.05) is 0 Å². The summed E-state index contributed by atoms with van der Waals surface area (Å²) in [6, 6.07) is 6.93. The highest BCUT2D eigenvalue weighted by atomic mass is 16.5. The van der Waals surface area contributed by atoms with Crippen LogP contribution in [-0.4, -0.2) is 19.3 Å². The molecule has 172 valence electrons. The molecule has 0 spiro atoms. The third-order valence-electron chi connectivity index (χ3n) is 8.40. The molecule has 31 heavy (non-hydrogen) atoms. The van der Waals surface area contributed by atoms with Crippen molar-refractivity contribution in [2.75, 3.05) is 13.2 Å². The van der Waals surface area contributed by atoms with Crippen molar-refractivity contribution in [2.45, 2.75) is 97.0 Å². The van der Waals surface area contributed by atoms with E-state index in [1.165, 1.54) is 77.0 Å². The lowest BCUT2D eigenvalue weighted by Gasteiger charge is -2.44. The number of hydrogen-bond donors (Lipinski definition) is 0. The maximum atomic E-state index is 6.10. The molecule has 0 amide bonds. The lowest BCUT2D eigenvalue weighted by Crippen LogP contribution is -2.37. The summed E-state index contributed by atoms with van der Waals surface area (Å²) >= 11 is 0. The Kier molecular flexibility index (Phi) is 8.53. The number of benzene rings is 1. The Bertz CT molecular complexity index is 709. The van der Waals surface area contributed by atoms with Crippen LogP contribution in [0.25, 0.3) is 0 Å². The molecule has 2 heteroatoms. The fraction of sp³-hybridized carbons (Fsp3) is 0.724. The summed E-state index contributed by atoms with van der Waals surface area (Å²) in [6.07, 6.45) is 20.7. The van der Waals surface area contributed by atoms with Crippen molar-refractivity contribution >= 4 is 0 Å². The number of fused-ring (bicyclic) bond motifs is 2. The Morgan fingerprint density at radius 2 is 1.71 bits per heavy atom. The van der Waals surface area contributed by atoms with E-state index in [0.29, 0.717) is 6.10 Å². The van der Waals surface area contributed by atoms with Crippen molar-refractivity contribution in [1.82, 2.24) is 0 Å². The van der Waals surface area contributed by atoms with Crippen LogP contribution in [0, 0.1) is 23.7 Å². The first-order valence-electron chi connectivity index (χ1n) is 13.2. The van der Waals surface area contributed by atoms with Gasteiger partial charge in [0.25, 0.3) is 0 Å². The van der Waals surface area contributed by atoms with Gasteiger partial charge in [0.15, 0.2) is 0 Å². The number of rotatable bonds is 9. The fourth-order valence-electron chi connectivity index (χ4n) is 6.54. The van der Waals surface area contributed by atoms with Gasteiger partial charge in [-0.15, -0.1) is 0 Å². The first-order chi connectivity index (χ1) is 15.3. The van der Waals surface area contributed by atoms with Crippen LogP contribution < -0.4 is 4.74 Å². The minimum Gasteiger partial charge on any atom is -0.494 e. The molecular weight excluding hydrogens is 380 g/mol. The van der Waals surface area contributed by atoms with E-state index in [0.717, 1.165) is 42.6 Å². The first kappa shape index (κ1) is 22.9. The summed E-state index contributed by atoms with van der Waals surface area (Å²) in [6.45, 7) is 5.98. The Morgan fingerprint density at radius 3 is 2.55 bits per heavy atom. The van der Waals surface area contributed by atoms with E-state index >= 15 is 0 Å². The third kappa shape index (κ3) is 6.15. The highest BCUT2D eigenvalue weighted by Crippen LogP contribution is 2.47. The predicted octanol–water partition coefficient (Wildman–Crippen LogP) is 7.54. The minimum atomic E-state index is 0.508. The smallest absolute Gasteiger partial charge is 0.119 e. The summed E-state index contributed by atoms with van der Waals surface area (Å²) in [5.41, 5.74) is 3.15. The molecule has 1 aromatic carbocycles. The number of allylic oxidation sites excluding steroid dienone is 1. The van der Waals surface area contributed by atoms with Crippen LogP contribution in [0.5, 0.6) is 5.75 Å². The lowest BCUT2D eigenvalue weighted by molar-refractivity contribution is -0.0138. The van der Waals surface area contributed by atoms with Gasteiger partial charge in [-0.05, 0) is 118 Å². The maximum absolute atomic E-state index is 6.10. The lowest BCUT2D eigenvalue weighted by atomic mass is 9.62. The zero-order valence-electron chi connectivity index (χ0n) is 20.0.